The van der Waals surface area contributed by atoms with Gasteiger partial charge in [-0.3, -0.25) is 0 Å². The van der Waals surface area contributed by atoms with Gasteiger partial charge in [-0.25, -0.2) is 4.98 Å². The maximum Gasteiger partial charge on any atom is 0.180 e. The van der Waals surface area contributed by atoms with E-state index >= 15 is 0 Å². The van der Waals surface area contributed by atoms with Crippen LogP contribution in [0.15, 0.2) is 18.2 Å². The van der Waals surface area contributed by atoms with Gasteiger partial charge >= 0.3 is 0 Å². The van der Waals surface area contributed by atoms with Gasteiger partial charge in [-0.1, -0.05) is 19.1 Å². The van der Waals surface area contributed by atoms with Crippen molar-refractivity contribution >= 4 is 16.5 Å². The molecule has 0 atom stereocenters. The molecule has 1 aromatic heterocycles. The van der Waals surface area contributed by atoms with Crippen LogP contribution in [0.1, 0.15) is 28.6 Å². The van der Waals surface area contributed by atoms with Gasteiger partial charge in [-0.15, -0.1) is 11.3 Å². The Hall–Kier alpha value is -1.55. The number of benzene rings is 1. The summed E-state index contributed by atoms with van der Waals surface area (Å²) in [6.07, 6.45) is 1.86. The van der Waals surface area contributed by atoms with Crippen molar-refractivity contribution in [1.82, 2.24) is 4.98 Å². The lowest BCUT2D eigenvalue weighted by atomic mass is 10.0. The SMILES string of the molecule is CCc1cc(Cc2sc(N)nc2C)ccc1OC. The second-order valence-corrected chi connectivity index (χ2v) is 5.35. The van der Waals surface area contributed by atoms with E-state index in [9.17, 15) is 0 Å². The molecule has 2 aromatic rings. The lowest BCUT2D eigenvalue weighted by Crippen LogP contribution is -1.94. The van der Waals surface area contributed by atoms with E-state index in [1.807, 2.05) is 13.0 Å². The molecule has 1 heterocycles. The van der Waals surface area contributed by atoms with Crippen molar-refractivity contribution in [2.45, 2.75) is 26.7 Å². The van der Waals surface area contributed by atoms with Crippen molar-refractivity contribution in [3.63, 3.8) is 0 Å². The van der Waals surface area contributed by atoms with Crippen molar-refractivity contribution in [2.24, 2.45) is 0 Å². The highest BCUT2D eigenvalue weighted by molar-refractivity contribution is 7.15. The summed E-state index contributed by atoms with van der Waals surface area (Å²) in [5.74, 6) is 0.960. The summed E-state index contributed by atoms with van der Waals surface area (Å²) in [6, 6.07) is 6.34. The standard InChI is InChI=1S/C14H18N2OS/c1-4-11-7-10(5-6-12(11)17-3)8-13-9(2)16-14(15)18-13/h5-7H,4,8H2,1-3H3,(H2,15,16). The average Bonchev–Trinajstić information content (AvgIpc) is 2.67. The molecular weight excluding hydrogens is 244 g/mol. The highest BCUT2D eigenvalue weighted by atomic mass is 32.1. The highest BCUT2D eigenvalue weighted by Crippen LogP contribution is 2.26. The summed E-state index contributed by atoms with van der Waals surface area (Å²) in [6.45, 7) is 4.14. The van der Waals surface area contributed by atoms with Gasteiger partial charge in [0.1, 0.15) is 5.75 Å². The quantitative estimate of drug-likeness (QED) is 0.920. The normalized spacial score (nSPS) is 10.6. The maximum atomic E-state index is 5.72. The number of thiazole rings is 1. The Morgan fingerprint density at radius 2 is 2.17 bits per heavy atom. The number of aromatic nitrogens is 1. The van der Waals surface area contributed by atoms with Crippen LogP contribution >= 0.6 is 11.3 Å². The van der Waals surface area contributed by atoms with Crippen molar-refractivity contribution < 1.29 is 4.74 Å². The summed E-state index contributed by atoms with van der Waals surface area (Å²) in [5, 5.41) is 0.645. The van der Waals surface area contributed by atoms with Crippen LogP contribution in [0.5, 0.6) is 5.75 Å². The Labute approximate surface area is 112 Å². The molecule has 4 heteroatoms. The van der Waals surface area contributed by atoms with Gasteiger partial charge in [0, 0.05) is 11.3 Å². The van der Waals surface area contributed by atoms with E-state index in [2.05, 4.69) is 24.0 Å². The molecule has 1 aromatic carbocycles. The van der Waals surface area contributed by atoms with Crippen LogP contribution in [0.25, 0.3) is 0 Å². The largest absolute Gasteiger partial charge is 0.496 e. The molecule has 0 fully saturated rings. The number of nitrogens with zero attached hydrogens (tertiary/aromatic N) is 1. The Balaban J connectivity index is 2.27. The predicted octanol–water partition coefficient (Wildman–Crippen LogP) is 3.20. The molecule has 2 rings (SSSR count). The molecule has 0 aliphatic heterocycles. The van der Waals surface area contributed by atoms with Gasteiger partial charge < -0.3 is 10.5 Å². The Kier molecular flexibility index (Phi) is 3.87. The number of hydrogen-bond donors (Lipinski definition) is 1. The van der Waals surface area contributed by atoms with Crippen LogP contribution in [0.4, 0.5) is 5.13 Å². The van der Waals surface area contributed by atoms with Crippen LogP contribution in [0, 0.1) is 6.92 Å². The summed E-state index contributed by atoms with van der Waals surface area (Å²) in [4.78, 5) is 5.49. The van der Waals surface area contributed by atoms with Crippen LogP contribution in [0.2, 0.25) is 0 Å². The minimum absolute atomic E-state index is 0.645. The maximum absolute atomic E-state index is 5.72. The number of aryl methyl sites for hydroxylation is 2. The summed E-state index contributed by atoms with van der Waals surface area (Å²) < 4.78 is 5.34. The van der Waals surface area contributed by atoms with Gasteiger partial charge in [-0.05, 0) is 30.5 Å². The Bertz CT molecular complexity index is 549. The molecule has 0 unspecified atom stereocenters. The van der Waals surface area contributed by atoms with E-state index in [1.54, 1.807) is 18.4 Å². The minimum atomic E-state index is 0.645. The minimum Gasteiger partial charge on any atom is -0.496 e. The van der Waals surface area contributed by atoms with E-state index in [1.165, 1.54) is 16.0 Å². The fraction of sp³-hybridized carbons (Fsp3) is 0.357. The molecule has 2 N–H and O–H groups in total. The summed E-state index contributed by atoms with van der Waals surface area (Å²) >= 11 is 1.57. The van der Waals surface area contributed by atoms with Crippen LogP contribution in [0.3, 0.4) is 0 Å². The molecular formula is C14H18N2OS. The monoisotopic (exact) mass is 262 g/mol. The van der Waals surface area contributed by atoms with E-state index in [4.69, 9.17) is 10.5 Å². The third-order valence-electron chi connectivity index (χ3n) is 3.00. The molecule has 0 aliphatic rings. The van der Waals surface area contributed by atoms with Crippen molar-refractivity contribution in [3.8, 4) is 5.75 Å². The first-order valence-corrected chi connectivity index (χ1v) is 6.83. The van der Waals surface area contributed by atoms with Crippen LogP contribution < -0.4 is 10.5 Å². The lowest BCUT2D eigenvalue weighted by molar-refractivity contribution is 0.410. The highest BCUT2D eigenvalue weighted by Gasteiger charge is 2.08. The lowest BCUT2D eigenvalue weighted by Gasteiger charge is -2.08. The Morgan fingerprint density at radius 1 is 1.39 bits per heavy atom. The first-order valence-electron chi connectivity index (χ1n) is 6.01. The first-order chi connectivity index (χ1) is 8.63. The molecule has 0 amide bonds. The molecule has 96 valence electrons. The van der Waals surface area contributed by atoms with Crippen molar-refractivity contribution in [1.29, 1.82) is 0 Å². The number of hydrogen-bond acceptors (Lipinski definition) is 4. The van der Waals surface area contributed by atoms with Crippen LogP contribution in [-0.4, -0.2) is 12.1 Å². The van der Waals surface area contributed by atoms with Crippen molar-refractivity contribution in [3.05, 3.63) is 39.9 Å². The van der Waals surface area contributed by atoms with E-state index in [0.717, 1.165) is 24.3 Å². The molecule has 18 heavy (non-hydrogen) atoms. The van der Waals surface area contributed by atoms with Gasteiger partial charge in [0.2, 0.25) is 0 Å². The smallest absolute Gasteiger partial charge is 0.180 e. The topological polar surface area (TPSA) is 48.1 Å². The van der Waals surface area contributed by atoms with Gasteiger partial charge in [0.15, 0.2) is 5.13 Å². The van der Waals surface area contributed by atoms with Crippen molar-refractivity contribution in [2.75, 3.05) is 12.8 Å². The molecule has 0 bridgehead atoms. The molecule has 0 radical (unpaired) electrons. The number of ether oxygens (including phenoxy) is 1. The zero-order valence-electron chi connectivity index (χ0n) is 11.0. The molecule has 0 aliphatic carbocycles. The van der Waals surface area contributed by atoms with Gasteiger partial charge in [0.05, 0.1) is 12.8 Å². The van der Waals surface area contributed by atoms with E-state index in [0.29, 0.717) is 5.13 Å². The predicted molar refractivity (Wildman–Crippen MR) is 76.4 cm³/mol. The Morgan fingerprint density at radius 3 is 2.72 bits per heavy atom. The number of methoxy groups -OCH3 is 1. The van der Waals surface area contributed by atoms with Gasteiger partial charge in [-0.2, -0.15) is 0 Å². The van der Waals surface area contributed by atoms with E-state index in [-0.39, 0.29) is 0 Å². The summed E-state index contributed by atoms with van der Waals surface area (Å²) in [5.41, 5.74) is 9.27. The first kappa shape index (κ1) is 12.9. The number of nitrogens with two attached hydrogens (primary N) is 1. The number of nitrogen functional groups attached to an aromatic ring is 1. The number of anilines is 1. The molecule has 0 saturated carbocycles. The van der Waals surface area contributed by atoms with Gasteiger partial charge in [0.25, 0.3) is 0 Å². The fourth-order valence-corrected chi connectivity index (χ4v) is 2.89. The molecule has 0 spiro atoms. The third kappa shape index (κ3) is 2.64. The zero-order valence-corrected chi connectivity index (χ0v) is 11.8. The van der Waals surface area contributed by atoms with Crippen LogP contribution in [-0.2, 0) is 12.8 Å². The average molecular weight is 262 g/mol. The number of rotatable bonds is 4. The summed E-state index contributed by atoms with van der Waals surface area (Å²) in [7, 11) is 1.71. The van der Waals surface area contributed by atoms with E-state index < -0.39 is 0 Å². The molecule has 0 saturated heterocycles. The second kappa shape index (κ2) is 5.40. The second-order valence-electron chi connectivity index (χ2n) is 4.24. The molecule has 3 nitrogen and oxygen atoms in total. The third-order valence-corrected chi connectivity index (χ3v) is 3.99. The zero-order chi connectivity index (χ0) is 13.1. The fourth-order valence-electron chi connectivity index (χ4n) is 2.02.